The first kappa shape index (κ1) is 14.0. The third-order valence-corrected chi connectivity index (χ3v) is 3.95. The molecule has 2 rings (SSSR count). The van der Waals surface area contributed by atoms with E-state index in [-0.39, 0.29) is 12.5 Å². The molecule has 19 heavy (non-hydrogen) atoms. The third kappa shape index (κ3) is 3.52. The summed E-state index contributed by atoms with van der Waals surface area (Å²) >= 11 is 1.88. The van der Waals surface area contributed by atoms with Crippen molar-refractivity contribution in [3.63, 3.8) is 0 Å². The molecule has 4 heteroatoms. The quantitative estimate of drug-likeness (QED) is 0.790. The number of aryl methyl sites for hydroxylation is 1. The largest absolute Gasteiger partial charge is 0.384 e. The van der Waals surface area contributed by atoms with E-state index in [0.717, 1.165) is 30.2 Å². The van der Waals surface area contributed by atoms with Crippen molar-refractivity contribution >= 4 is 17.7 Å². The number of nitrogens with zero attached hydrogens (tertiary/aromatic N) is 1. The zero-order valence-corrected chi connectivity index (χ0v) is 11.8. The summed E-state index contributed by atoms with van der Waals surface area (Å²) in [4.78, 5) is 14.4. The van der Waals surface area contributed by atoms with Crippen LogP contribution in [0.5, 0.6) is 0 Å². The van der Waals surface area contributed by atoms with Crippen molar-refractivity contribution in [1.29, 1.82) is 0 Å². The van der Waals surface area contributed by atoms with Crippen molar-refractivity contribution in [2.75, 3.05) is 31.2 Å². The first-order valence-corrected chi connectivity index (χ1v) is 7.45. The van der Waals surface area contributed by atoms with E-state index in [1.807, 2.05) is 41.8 Å². The number of carbonyl (C=O) groups excluding carboxylic acids is 1. The number of thioether (sulfide) groups is 1. The van der Waals surface area contributed by atoms with Crippen molar-refractivity contribution in [2.45, 2.75) is 6.92 Å². The number of hydrogen-bond donors (Lipinski definition) is 1. The van der Waals surface area contributed by atoms with E-state index in [1.54, 1.807) is 0 Å². The molecule has 0 bridgehead atoms. The van der Waals surface area contributed by atoms with E-state index < -0.39 is 0 Å². The molecule has 0 atom stereocenters. The van der Waals surface area contributed by atoms with Gasteiger partial charge in [0.1, 0.15) is 6.61 Å². The second kappa shape index (κ2) is 6.65. The first-order chi connectivity index (χ1) is 9.22. The number of rotatable bonds is 1. The van der Waals surface area contributed by atoms with E-state index in [0.29, 0.717) is 11.1 Å². The average molecular weight is 275 g/mol. The van der Waals surface area contributed by atoms with Crippen molar-refractivity contribution in [1.82, 2.24) is 4.90 Å². The third-order valence-electron chi connectivity index (χ3n) is 3.01. The van der Waals surface area contributed by atoms with Gasteiger partial charge in [0.05, 0.1) is 5.56 Å². The molecule has 0 aromatic heterocycles. The molecule has 0 saturated carbocycles. The molecule has 1 saturated heterocycles. The maximum atomic E-state index is 12.5. The number of benzene rings is 1. The zero-order chi connectivity index (χ0) is 13.7. The Labute approximate surface area is 118 Å². The van der Waals surface area contributed by atoms with Crippen LogP contribution in [0, 0.1) is 18.8 Å². The van der Waals surface area contributed by atoms with Gasteiger partial charge >= 0.3 is 0 Å². The summed E-state index contributed by atoms with van der Waals surface area (Å²) in [5.74, 6) is 7.51. The van der Waals surface area contributed by atoms with E-state index in [1.165, 1.54) is 0 Å². The smallest absolute Gasteiger partial charge is 0.255 e. The van der Waals surface area contributed by atoms with E-state index >= 15 is 0 Å². The summed E-state index contributed by atoms with van der Waals surface area (Å²) in [5.41, 5.74) is 2.39. The van der Waals surface area contributed by atoms with Gasteiger partial charge in [-0.1, -0.05) is 23.5 Å². The fourth-order valence-electron chi connectivity index (χ4n) is 2.02. The molecule has 100 valence electrons. The van der Waals surface area contributed by atoms with Gasteiger partial charge in [0.25, 0.3) is 5.91 Å². The predicted octanol–water partition coefficient (Wildman–Crippen LogP) is 1.53. The minimum absolute atomic E-state index is 0.0474. The highest BCUT2D eigenvalue weighted by Crippen LogP contribution is 2.17. The van der Waals surface area contributed by atoms with Gasteiger partial charge in [-0.3, -0.25) is 4.79 Å². The number of aliphatic hydroxyl groups excluding tert-OH is 1. The minimum Gasteiger partial charge on any atom is -0.384 e. The topological polar surface area (TPSA) is 40.5 Å². The Hall–Kier alpha value is -1.44. The fourth-order valence-corrected chi connectivity index (χ4v) is 2.92. The van der Waals surface area contributed by atoms with Crippen LogP contribution >= 0.6 is 11.8 Å². The normalized spacial score (nSPS) is 14.7. The Kier molecular flexibility index (Phi) is 4.89. The monoisotopic (exact) mass is 275 g/mol. The van der Waals surface area contributed by atoms with E-state index in [9.17, 15) is 4.79 Å². The van der Waals surface area contributed by atoms with Crippen molar-refractivity contribution in [3.8, 4) is 11.8 Å². The minimum atomic E-state index is -0.193. The molecule has 1 amide bonds. The van der Waals surface area contributed by atoms with Gasteiger partial charge in [-0.05, 0) is 19.1 Å². The molecule has 1 aromatic carbocycles. The molecule has 0 spiro atoms. The molecule has 1 N–H and O–H groups in total. The summed E-state index contributed by atoms with van der Waals surface area (Å²) in [6.07, 6.45) is 0. The second-order valence-electron chi connectivity index (χ2n) is 4.41. The van der Waals surface area contributed by atoms with Gasteiger partial charge in [0.15, 0.2) is 0 Å². The fraction of sp³-hybridized carbons (Fsp3) is 0.400. The molecule has 1 aliphatic rings. The Morgan fingerprint density at radius 1 is 1.42 bits per heavy atom. The van der Waals surface area contributed by atoms with Gasteiger partial charge < -0.3 is 10.0 Å². The molecule has 0 aliphatic carbocycles. The average Bonchev–Trinajstić information content (AvgIpc) is 2.46. The van der Waals surface area contributed by atoms with Crippen LogP contribution in [0.25, 0.3) is 0 Å². The standard InChI is InChI=1S/C15H17NO2S/c1-12-4-5-13(3-2-8-17)14(11-12)15(18)16-6-9-19-10-7-16/h4-5,11,17H,6-10H2,1H3. The number of carbonyl (C=O) groups is 1. The van der Waals surface area contributed by atoms with Crippen LogP contribution in [-0.2, 0) is 0 Å². The molecule has 0 radical (unpaired) electrons. The van der Waals surface area contributed by atoms with Crippen LogP contribution in [0.4, 0.5) is 0 Å². The molecule has 3 nitrogen and oxygen atoms in total. The Bertz CT molecular complexity index is 525. The van der Waals surface area contributed by atoms with Crippen LogP contribution in [0.15, 0.2) is 18.2 Å². The van der Waals surface area contributed by atoms with Gasteiger partial charge in [0.2, 0.25) is 0 Å². The Morgan fingerprint density at radius 2 is 2.16 bits per heavy atom. The van der Waals surface area contributed by atoms with E-state index in [2.05, 4.69) is 11.8 Å². The maximum Gasteiger partial charge on any atom is 0.255 e. The molecule has 1 aliphatic heterocycles. The second-order valence-corrected chi connectivity index (χ2v) is 5.64. The summed E-state index contributed by atoms with van der Waals surface area (Å²) in [6.45, 7) is 3.36. The number of amides is 1. The van der Waals surface area contributed by atoms with Crippen molar-refractivity contribution in [2.24, 2.45) is 0 Å². The Balaban J connectivity index is 2.30. The summed E-state index contributed by atoms with van der Waals surface area (Å²) in [7, 11) is 0. The highest BCUT2D eigenvalue weighted by molar-refractivity contribution is 7.99. The van der Waals surface area contributed by atoms with Gasteiger partial charge in [-0.25, -0.2) is 0 Å². The number of hydrogen-bond acceptors (Lipinski definition) is 3. The highest BCUT2D eigenvalue weighted by Gasteiger charge is 2.20. The van der Waals surface area contributed by atoms with Crippen LogP contribution in [0.2, 0.25) is 0 Å². The van der Waals surface area contributed by atoms with Gasteiger partial charge in [0, 0.05) is 30.2 Å². The van der Waals surface area contributed by atoms with Crippen molar-refractivity contribution < 1.29 is 9.90 Å². The molecular formula is C15H17NO2S. The lowest BCUT2D eigenvalue weighted by Crippen LogP contribution is -2.38. The van der Waals surface area contributed by atoms with Crippen LogP contribution in [0.1, 0.15) is 21.5 Å². The van der Waals surface area contributed by atoms with Gasteiger partial charge in [-0.2, -0.15) is 11.8 Å². The lowest BCUT2D eigenvalue weighted by Gasteiger charge is -2.27. The highest BCUT2D eigenvalue weighted by atomic mass is 32.2. The summed E-state index contributed by atoms with van der Waals surface area (Å²) in [6, 6.07) is 5.67. The molecule has 0 unspecified atom stereocenters. The van der Waals surface area contributed by atoms with Crippen LogP contribution in [-0.4, -0.2) is 47.1 Å². The van der Waals surface area contributed by atoms with Crippen LogP contribution in [0.3, 0.4) is 0 Å². The zero-order valence-electron chi connectivity index (χ0n) is 11.0. The summed E-state index contributed by atoms with van der Waals surface area (Å²) in [5, 5.41) is 8.79. The van der Waals surface area contributed by atoms with Crippen molar-refractivity contribution in [3.05, 3.63) is 34.9 Å². The van der Waals surface area contributed by atoms with E-state index in [4.69, 9.17) is 5.11 Å². The predicted molar refractivity (Wildman–Crippen MR) is 78.4 cm³/mol. The molecular weight excluding hydrogens is 258 g/mol. The SMILES string of the molecule is Cc1ccc(C#CCO)c(C(=O)N2CCSCC2)c1. The molecule has 1 fully saturated rings. The van der Waals surface area contributed by atoms with Crippen LogP contribution < -0.4 is 0 Å². The maximum absolute atomic E-state index is 12.5. The first-order valence-electron chi connectivity index (χ1n) is 6.30. The lowest BCUT2D eigenvalue weighted by atomic mass is 10.0. The summed E-state index contributed by atoms with van der Waals surface area (Å²) < 4.78 is 0. The van der Waals surface area contributed by atoms with Gasteiger partial charge in [-0.15, -0.1) is 0 Å². The molecule has 1 aromatic rings. The number of aliphatic hydroxyl groups is 1. The molecule has 1 heterocycles. The lowest BCUT2D eigenvalue weighted by molar-refractivity contribution is 0.0772. The Morgan fingerprint density at radius 3 is 2.84 bits per heavy atom.